The molecule has 0 aliphatic heterocycles. The van der Waals surface area contributed by atoms with Gasteiger partial charge >= 0.3 is 0 Å². The summed E-state index contributed by atoms with van der Waals surface area (Å²) in [6, 6.07) is 3.22. The molecule has 1 heterocycles. The van der Waals surface area contributed by atoms with E-state index in [1.807, 2.05) is 0 Å². The zero-order valence-corrected chi connectivity index (χ0v) is 11.6. The largest absolute Gasteiger partial charge is 0.321 e. The number of sulfonamides is 1. The minimum absolute atomic E-state index is 0.0479. The summed E-state index contributed by atoms with van der Waals surface area (Å²) in [6.45, 7) is 0.475. The maximum absolute atomic E-state index is 12.2. The van der Waals surface area contributed by atoms with E-state index in [2.05, 4.69) is 15.1 Å². The number of aromatic nitrogens is 1. The number of hydrazine groups is 1. The van der Waals surface area contributed by atoms with Crippen LogP contribution < -0.4 is 16.0 Å². The van der Waals surface area contributed by atoms with Crippen molar-refractivity contribution in [2.24, 2.45) is 11.8 Å². The number of hydrogen-bond donors (Lipinski definition) is 3. The Labute approximate surface area is 113 Å². The van der Waals surface area contributed by atoms with Gasteiger partial charge in [0.25, 0.3) is 10.0 Å². The van der Waals surface area contributed by atoms with E-state index in [1.54, 1.807) is 12.1 Å². The van der Waals surface area contributed by atoms with E-state index >= 15 is 0 Å². The fraction of sp³-hybridized carbons (Fsp3) is 0.583. The van der Waals surface area contributed by atoms with Crippen LogP contribution in [0, 0.1) is 5.92 Å². The molecule has 2 rings (SSSR count). The molecule has 1 saturated carbocycles. The molecule has 6 nitrogen and oxygen atoms in total. The van der Waals surface area contributed by atoms with Gasteiger partial charge in [-0.3, -0.25) is 5.84 Å². The number of nitrogens with two attached hydrogens (primary N) is 1. The number of pyridine rings is 1. The molecule has 1 aliphatic rings. The fourth-order valence-corrected chi connectivity index (χ4v) is 3.61. The molecule has 0 radical (unpaired) electrons. The third-order valence-electron chi connectivity index (χ3n) is 3.47. The summed E-state index contributed by atoms with van der Waals surface area (Å²) in [7, 11) is -3.61. The van der Waals surface area contributed by atoms with Crippen molar-refractivity contribution in [2.45, 2.75) is 37.1 Å². The van der Waals surface area contributed by atoms with Gasteiger partial charge in [-0.15, -0.1) is 0 Å². The van der Waals surface area contributed by atoms with Crippen LogP contribution in [0.2, 0.25) is 0 Å². The molecule has 0 saturated heterocycles. The first-order valence-electron chi connectivity index (χ1n) is 6.55. The van der Waals surface area contributed by atoms with Crippen LogP contribution in [-0.4, -0.2) is 19.9 Å². The Kier molecular flexibility index (Phi) is 4.73. The van der Waals surface area contributed by atoms with Crippen molar-refractivity contribution in [1.29, 1.82) is 0 Å². The van der Waals surface area contributed by atoms with Gasteiger partial charge in [0.05, 0.1) is 5.69 Å². The van der Waals surface area contributed by atoms with Gasteiger partial charge in [0.2, 0.25) is 0 Å². The van der Waals surface area contributed by atoms with Crippen LogP contribution in [0.4, 0.5) is 5.69 Å². The number of nitrogens with zero attached hydrogens (tertiary/aromatic N) is 1. The lowest BCUT2D eigenvalue weighted by atomic mass is 9.90. The molecule has 0 spiro atoms. The molecule has 1 fully saturated rings. The van der Waals surface area contributed by atoms with Crippen molar-refractivity contribution in [3.63, 3.8) is 0 Å². The van der Waals surface area contributed by atoms with Gasteiger partial charge < -0.3 is 5.43 Å². The van der Waals surface area contributed by atoms with E-state index in [0.29, 0.717) is 18.2 Å². The highest BCUT2D eigenvalue weighted by atomic mass is 32.2. The lowest BCUT2D eigenvalue weighted by molar-refractivity contribution is 0.357. The molecule has 1 aromatic heterocycles. The lowest BCUT2D eigenvalue weighted by Gasteiger charge is -2.21. The summed E-state index contributed by atoms with van der Waals surface area (Å²) < 4.78 is 27.0. The maximum Gasteiger partial charge on any atom is 0.260 e. The topological polar surface area (TPSA) is 97.1 Å². The van der Waals surface area contributed by atoms with Crippen LogP contribution in [0.1, 0.15) is 32.1 Å². The monoisotopic (exact) mass is 284 g/mol. The number of nitrogens with one attached hydrogen (secondary N) is 2. The predicted molar refractivity (Wildman–Crippen MR) is 73.8 cm³/mol. The molecule has 7 heteroatoms. The Morgan fingerprint density at radius 3 is 2.74 bits per heavy atom. The number of rotatable bonds is 5. The SMILES string of the molecule is NNc1cccnc1S(=O)(=O)NCC1CCCCC1. The zero-order chi connectivity index (χ0) is 13.7. The summed E-state index contributed by atoms with van der Waals surface area (Å²) in [4.78, 5) is 3.89. The van der Waals surface area contributed by atoms with Crippen molar-refractivity contribution >= 4 is 15.7 Å². The van der Waals surface area contributed by atoms with Gasteiger partial charge in [0.15, 0.2) is 5.03 Å². The van der Waals surface area contributed by atoms with E-state index in [0.717, 1.165) is 12.8 Å². The molecule has 19 heavy (non-hydrogen) atoms. The molecule has 1 aromatic rings. The summed E-state index contributed by atoms with van der Waals surface area (Å²) in [5, 5.41) is -0.0479. The van der Waals surface area contributed by atoms with Crippen LogP contribution in [-0.2, 0) is 10.0 Å². The van der Waals surface area contributed by atoms with Gasteiger partial charge in [-0.2, -0.15) is 0 Å². The van der Waals surface area contributed by atoms with Crippen molar-refractivity contribution in [1.82, 2.24) is 9.71 Å². The molecule has 0 aromatic carbocycles. The normalized spacial score (nSPS) is 17.3. The second-order valence-corrected chi connectivity index (χ2v) is 6.54. The van der Waals surface area contributed by atoms with Crippen molar-refractivity contribution in [3.8, 4) is 0 Å². The third-order valence-corrected chi connectivity index (χ3v) is 4.85. The van der Waals surface area contributed by atoms with E-state index in [4.69, 9.17) is 5.84 Å². The molecule has 0 amide bonds. The Morgan fingerprint density at radius 2 is 2.05 bits per heavy atom. The van der Waals surface area contributed by atoms with Gasteiger partial charge in [0.1, 0.15) is 0 Å². The molecule has 0 unspecified atom stereocenters. The minimum Gasteiger partial charge on any atom is -0.321 e. The van der Waals surface area contributed by atoms with Gasteiger partial charge in [0, 0.05) is 12.7 Å². The first-order chi connectivity index (χ1) is 9.13. The first kappa shape index (κ1) is 14.2. The van der Waals surface area contributed by atoms with Crippen molar-refractivity contribution in [2.75, 3.05) is 12.0 Å². The Balaban J connectivity index is 2.05. The molecule has 1 aliphatic carbocycles. The van der Waals surface area contributed by atoms with E-state index in [-0.39, 0.29) is 5.03 Å². The summed E-state index contributed by atoms with van der Waals surface area (Å²) in [5.41, 5.74) is 2.66. The number of anilines is 1. The lowest BCUT2D eigenvalue weighted by Crippen LogP contribution is -2.31. The maximum atomic E-state index is 12.2. The molecular weight excluding hydrogens is 264 g/mol. The quantitative estimate of drug-likeness (QED) is 0.558. The fourth-order valence-electron chi connectivity index (χ4n) is 2.40. The minimum atomic E-state index is -3.61. The van der Waals surface area contributed by atoms with Crippen LogP contribution in [0.3, 0.4) is 0 Å². The van der Waals surface area contributed by atoms with Crippen LogP contribution in [0.25, 0.3) is 0 Å². The first-order valence-corrected chi connectivity index (χ1v) is 8.03. The van der Waals surface area contributed by atoms with E-state index in [9.17, 15) is 8.42 Å². The Morgan fingerprint density at radius 1 is 1.32 bits per heavy atom. The summed E-state index contributed by atoms with van der Waals surface area (Å²) in [5.74, 6) is 5.74. The van der Waals surface area contributed by atoms with Crippen molar-refractivity contribution < 1.29 is 8.42 Å². The Hall–Kier alpha value is -1.18. The van der Waals surface area contributed by atoms with Gasteiger partial charge in [-0.05, 0) is 30.9 Å². The summed E-state index contributed by atoms with van der Waals surface area (Å²) in [6.07, 6.45) is 7.25. The molecule has 0 atom stereocenters. The van der Waals surface area contributed by atoms with Crippen molar-refractivity contribution in [3.05, 3.63) is 18.3 Å². The molecule has 0 bridgehead atoms. The van der Waals surface area contributed by atoms with E-state index < -0.39 is 10.0 Å². The smallest absolute Gasteiger partial charge is 0.260 e. The second kappa shape index (κ2) is 6.31. The number of hydrogen-bond acceptors (Lipinski definition) is 5. The average molecular weight is 284 g/mol. The highest BCUT2D eigenvalue weighted by Gasteiger charge is 2.22. The van der Waals surface area contributed by atoms with Gasteiger partial charge in [-0.25, -0.2) is 18.1 Å². The van der Waals surface area contributed by atoms with E-state index in [1.165, 1.54) is 25.5 Å². The van der Waals surface area contributed by atoms with Gasteiger partial charge in [-0.1, -0.05) is 19.3 Å². The molecular formula is C12H20N4O2S. The number of nitrogen functional groups attached to an aromatic ring is 1. The summed E-state index contributed by atoms with van der Waals surface area (Å²) >= 11 is 0. The third kappa shape index (κ3) is 3.65. The second-order valence-electron chi connectivity index (χ2n) is 4.86. The highest BCUT2D eigenvalue weighted by molar-refractivity contribution is 7.89. The molecule has 106 valence electrons. The standard InChI is InChI=1S/C12H20N4O2S/c13-16-11-7-4-8-14-12(11)19(17,18)15-9-10-5-2-1-3-6-10/h4,7-8,10,15-16H,1-3,5-6,9,13H2. The highest BCUT2D eigenvalue weighted by Crippen LogP contribution is 2.23. The average Bonchev–Trinajstić information content (AvgIpc) is 2.46. The predicted octanol–water partition coefficient (Wildman–Crippen LogP) is 1.23. The zero-order valence-electron chi connectivity index (χ0n) is 10.8. The Bertz CT molecular complexity index is 512. The van der Waals surface area contributed by atoms with Crippen LogP contribution >= 0.6 is 0 Å². The van der Waals surface area contributed by atoms with Crippen LogP contribution in [0.15, 0.2) is 23.4 Å². The van der Waals surface area contributed by atoms with Crippen LogP contribution in [0.5, 0.6) is 0 Å². The molecule has 4 N–H and O–H groups in total.